The molecule has 0 spiro atoms. The summed E-state index contributed by atoms with van der Waals surface area (Å²) in [7, 11) is 0. The van der Waals surface area contributed by atoms with Gasteiger partial charge in [-0.05, 0) is 43.9 Å². The van der Waals surface area contributed by atoms with Crippen LogP contribution in [0.4, 0.5) is 5.69 Å². The van der Waals surface area contributed by atoms with E-state index in [0.717, 1.165) is 16.8 Å². The topological polar surface area (TPSA) is 49.7 Å². The summed E-state index contributed by atoms with van der Waals surface area (Å²) in [6, 6.07) is 17.9. The van der Waals surface area contributed by atoms with Crippen molar-refractivity contribution in [3.8, 4) is 0 Å². The average Bonchev–Trinajstić information content (AvgIpc) is 2.57. The van der Waals surface area contributed by atoms with Crippen molar-refractivity contribution in [3.05, 3.63) is 77.1 Å². The molecule has 0 radical (unpaired) electrons. The van der Waals surface area contributed by atoms with E-state index in [1.165, 1.54) is 6.92 Å². The summed E-state index contributed by atoms with van der Waals surface area (Å²) in [5.74, 6) is 0.150. The average molecular weight is 319 g/mol. The fourth-order valence-electron chi connectivity index (χ4n) is 3.15. The molecule has 0 amide bonds. The minimum Gasteiger partial charge on any atom is -0.511 e. The number of allylic oxidation sites excluding steroid dienone is 2. The Morgan fingerprint density at radius 2 is 1.71 bits per heavy atom. The Bertz CT molecular complexity index is 801. The van der Waals surface area contributed by atoms with Gasteiger partial charge in [-0.3, -0.25) is 9.79 Å². The molecule has 1 aliphatic rings. The van der Waals surface area contributed by atoms with Crippen LogP contribution < -0.4 is 0 Å². The number of hydrogen-bond donors (Lipinski definition) is 1. The van der Waals surface area contributed by atoms with Crippen LogP contribution in [0, 0.1) is 6.92 Å². The van der Waals surface area contributed by atoms with E-state index in [1.54, 1.807) is 0 Å². The van der Waals surface area contributed by atoms with Crippen LogP contribution in [-0.4, -0.2) is 16.6 Å². The van der Waals surface area contributed by atoms with Crippen molar-refractivity contribution >= 4 is 17.2 Å². The molecule has 24 heavy (non-hydrogen) atoms. The minimum atomic E-state index is -0.134. The lowest BCUT2D eigenvalue weighted by molar-refractivity contribution is -0.113. The Balaban J connectivity index is 2.01. The first kappa shape index (κ1) is 16.2. The summed E-state index contributed by atoms with van der Waals surface area (Å²) in [6.45, 7) is 3.51. The number of ketones is 1. The Labute approximate surface area is 142 Å². The van der Waals surface area contributed by atoms with E-state index in [2.05, 4.69) is 17.1 Å². The van der Waals surface area contributed by atoms with Crippen LogP contribution in [0.15, 0.2) is 70.9 Å². The summed E-state index contributed by atoms with van der Waals surface area (Å²) >= 11 is 0. The van der Waals surface area contributed by atoms with E-state index >= 15 is 0 Å². The standard InChI is InChI=1S/C21H21NO2/c1-14-8-10-18(11-9-14)22-19-12-17(16-6-4-3-5-7-16)13-20(24)21(19)15(2)23/h3-11,17,24H,12-13H2,1-2H3. The molecule has 1 aliphatic carbocycles. The molecule has 1 N–H and O–H groups in total. The second-order valence-electron chi connectivity index (χ2n) is 6.29. The SMILES string of the molecule is CC(=O)C1=C(O)CC(c2ccccc2)CC1=Nc1ccc(C)cc1. The third-order valence-electron chi connectivity index (χ3n) is 4.38. The van der Waals surface area contributed by atoms with Crippen molar-refractivity contribution < 1.29 is 9.90 Å². The van der Waals surface area contributed by atoms with Crippen molar-refractivity contribution in [1.82, 2.24) is 0 Å². The van der Waals surface area contributed by atoms with Gasteiger partial charge in [-0.1, -0.05) is 48.0 Å². The van der Waals surface area contributed by atoms with Crippen LogP contribution in [0.25, 0.3) is 0 Å². The second-order valence-corrected chi connectivity index (χ2v) is 6.29. The monoisotopic (exact) mass is 319 g/mol. The van der Waals surface area contributed by atoms with Gasteiger partial charge in [0.15, 0.2) is 5.78 Å². The summed E-state index contributed by atoms with van der Waals surface area (Å²) in [6.07, 6.45) is 1.13. The van der Waals surface area contributed by atoms with Crippen molar-refractivity contribution in [1.29, 1.82) is 0 Å². The molecular formula is C21H21NO2. The maximum atomic E-state index is 12.0. The molecular weight excluding hydrogens is 298 g/mol. The molecule has 122 valence electrons. The fourth-order valence-corrected chi connectivity index (χ4v) is 3.15. The van der Waals surface area contributed by atoms with Gasteiger partial charge in [0.05, 0.1) is 17.0 Å². The smallest absolute Gasteiger partial charge is 0.165 e. The molecule has 1 atom stereocenters. The molecule has 0 heterocycles. The Morgan fingerprint density at radius 1 is 1.04 bits per heavy atom. The molecule has 2 aromatic rings. The molecule has 2 aromatic carbocycles. The maximum Gasteiger partial charge on any atom is 0.165 e. The molecule has 1 unspecified atom stereocenters. The quantitative estimate of drug-likeness (QED) is 0.861. The number of aliphatic hydroxyl groups is 1. The number of benzene rings is 2. The fraction of sp³-hybridized carbons (Fsp3) is 0.238. The number of carbonyl (C=O) groups is 1. The highest BCUT2D eigenvalue weighted by molar-refractivity contribution is 6.23. The predicted octanol–water partition coefficient (Wildman–Crippen LogP) is 5.05. The minimum absolute atomic E-state index is 0.134. The van der Waals surface area contributed by atoms with Crippen LogP contribution in [0.5, 0.6) is 0 Å². The van der Waals surface area contributed by atoms with Crippen LogP contribution in [0.3, 0.4) is 0 Å². The predicted molar refractivity (Wildman–Crippen MR) is 97.0 cm³/mol. The molecule has 3 rings (SSSR count). The lowest BCUT2D eigenvalue weighted by atomic mass is 9.81. The highest BCUT2D eigenvalue weighted by atomic mass is 16.3. The zero-order valence-corrected chi connectivity index (χ0v) is 14.0. The summed E-state index contributed by atoms with van der Waals surface area (Å²) in [5, 5.41) is 10.4. The Kier molecular flexibility index (Phi) is 4.61. The van der Waals surface area contributed by atoms with Crippen LogP contribution in [0.2, 0.25) is 0 Å². The highest BCUT2D eigenvalue weighted by Gasteiger charge is 2.29. The van der Waals surface area contributed by atoms with Gasteiger partial charge in [-0.15, -0.1) is 0 Å². The van der Waals surface area contributed by atoms with E-state index < -0.39 is 0 Å². The number of hydrogen-bond acceptors (Lipinski definition) is 3. The van der Waals surface area contributed by atoms with Crippen molar-refractivity contribution in [3.63, 3.8) is 0 Å². The summed E-state index contributed by atoms with van der Waals surface area (Å²) in [5.41, 5.74) is 4.17. The first-order valence-corrected chi connectivity index (χ1v) is 8.17. The number of aryl methyl sites for hydroxylation is 1. The van der Waals surface area contributed by atoms with Crippen LogP contribution >= 0.6 is 0 Å². The van der Waals surface area contributed by atoms with E-state index in [9.17, 15) is 9.90 Å². The third-order valence-corrected chi connectivity index (χ3v) is 4.38. The van der Waals surface area contributed by atoms with Crippen molar-refractivity contribution in [2.75, 3.05) is 0 Å². The lowest BCUT2D eigenvalue weighted by Crippen LogP contribution is -2.22. The van der Waals surface area contributed by atoms with Crippen LogP contribution in [0.1, 0.15) is 36.8 Å². The molecule has 0 fully saturated rings. The molecule has 0 bridgehead atoms. The van der Waals surface area contributed by atoms with Gasteiger partial charge in [-0.25, -0.2) is 0 Å². The maximum absolute atomic E-state index is 12.0. The van der Waals surface area contributed by atoms with E-state index in [1.807, 2.05) is 49.4 Å². The molecule has 0 aromatic heterocycles. The van der Waals surface area contributed by atoms with Crippen molar-refractivity contribution in [2.24, 2.45) is 4.99 Å². The molecule has 3 nitrogen and oxygen atoms in total. The van der Waals surface area contributed by atoms with Gasteiger partial charge in [0, 0.05) is 6.42 Å². The number of aliphatic hydroxyl groups excluding tert-OH is 1. The first-order valence-electron chi connectivity index (χ1n) is 8.17. The lowest BCUT2D eigenvalue weighted by Gasteiger charge is -2.25. The number of Topliss-reactive ketones (excluding diaryl/α,β-unsaturated/α-hetero) is 1. The van der Waals surface area contributed by atoms with Gasteiger partial charge in [-0.2, -0.15) is 0 Å². The van der Waals surface area contributed by atoms with Gasteiger partial charge < -0.3 is 5.11 Å². The van der Waals surface area contributed by atoms with Gasteiger partial charge >= 0.3 is 0 Å². The van der Waals surface area contributed by atoms with E-state index in [4.69, 9.17) is 0 Å². The van der Waals surface area contributed by atoms with Gasteiger partial charge in [0.2, 0.25) is 0 Å². The normalized spacial score (nSPS) is 19.6. The van der Waals surface area contributed by atoms with Crippen molar-refractivity contribution in [2.45, 2.75) is 32.6 Å². The van der Waals surface area contributed by atoms with E-state index in [0.29, 0.717) is 24.1 Å². The molecule has 3 heteroatoms. The van der Waals surface area contributed by atoms with Gasteiger partial charge in [0.25, 0.3) is 0 Å². The van der Waals surface area contributed by atoms with E-state index in [-0.39, 0.29) is 17.5 Å². The van der Waals surface area contributed by atoms with Gasteiger partial charge in [0.1, 0.15) is 5.76 Å². The first-order chi connectivity index (χ1) is 11.5. The third kappa shape index (κ3) is 3.46. The number of nitrogens with zero attached hydrogens (tertiary/aromatic N) is 1. The largest absolute Gasteiger partial charge is 0.511 e. The second kappa shape index (κ2) is 6.83. The number of aliphatic imine (C=N–C) groups is 1. The Morgan fingerprint density at radius 3 is 2.33 bits per heavy atom. The number of carbonyl (C=O) groups excluding carboxylic acids is 1. The molecule has 0 saturated carbocycles. The summed E-state index contributed by atoms with van der Waals surface area (Å²) in [4.78, 5) is 16.7. The highest BCUT2D eigenvalue weighted by Crippen LogP contribution is 2.35. The molecule has 0 saturated heterocycles. The zero-order chi connectivity index (χ0) is 17.1. The number of rotatable bonds is 3. The van der Waals surface area contributed by atoms with Crippen LogP contribution in [-0.2, 0) is 4.79 Å². The summed E-state index contributed by atoms with van der Waals surface area (Å²) < 4.78 is 0. The molecule has 0 aliphatic heterocycles. The zero-order valence-electron chi connectivity index (χ0n) is 14.0. The Hall–Kier alpha value is -2.68.